The molecule has 1 unspecified atom stereocenters. The van der Waals surface area contributed by atoms with Crippen LogP contribution in [0.15, 0.2) is 60.7 Å². The molecule has 0 aliphatic carbocycles. The molecule has 112 valence electrons. The molecule has 3 heteroatoms. The molecule has 0 saturated carbocycles. The first kappa shape index (κ1) is 15.7. The Morgan fingerprint density at radius 3 is 1.81 bits per heavy atom. The molecular formula is C18H23NO2. The first-order chi connectivity index (χ1) is 10.3. The molecule has 2 N–H and O–H groups in total. The van der Waals surface area contributed by atoms with Crippen molar-refractivity contribution >= 4 is 0 Å². The van der Waals surface area contributed by atoms with Crippen LogP contribution in [0.3, 0.4) is 0 Å². The van der Waals surface area contributed by atoms with Crippen LogP contribution in [-0.2, 0) is 6.42 Å². The van der Waals surface area contributed by atoms with Crippen molar-refractivity contribution in [3.63, 3.8) is 0 Å². The van der Waals surface area contributed by atoms with E-state index in [0.717, 1.165) is 6.42 Å². The molecule has 0 radical (unpaired) electrons. The van der Waals surface area contributed by atoms with Gasteiger partial charge in [0, 0.05) is 19.1 Å². The van der Waals surface area contributed by atoms with E-state index in [1.54, 1.807) is 0 Å². The first-order valence-electron chi connectivity index (χ1n) is 7.39. The minimum absolute atomic E-state index is 0.0954. The van der Waals surface area contributed by atoms with Gasteiger partial charge in [-0.25, -0.2) is 0 Å². The third-order valence-electron chi connectivity index (χ3n) is 3.67. The van der Waals surface area contributed by atoms with Crippen LogP contribution in [0.25, 0.3) is 0 Å². The van der Waals surface area contributed by atoms with Crippen LogP contribution in [0.2, 0.25) is 0 Å². The molecule has 0 bridgehead atoms. The largest absolute Gasteiger partial charge is 0.395 e. The van der Waals surface area contributed by atoms with Gasteiger partial charge in [0.15, 0.2) is 0 Å². The zero-order chi connectivity index (χ0) is 14.9. The van der Waals surface area contributed by atoms with Crippen LogP contribution in [0, 0.1) is 0 Å². The molecule has 0 aromatic heterocycles. The van der Waals surface area contributed by atoms with E-state index in [4.69, 9.17) is 0 Å². The Balaban J connectivity index is 2.24. The van der Waals surface area contributed by atoms with E-state index < -0.39 is 0 Å². The quantitative estimate of drug-likeness (QED) is 0.782. The van der Waals surface area contributed by atoms with Crippen molar-refractivity contribution in [2.45, 2.75) is 12.5 Å². The van der Waals surface area contributed by atoms with Crippen molar-refractivity contribution < 1.29 is 10.2 Å². The van der Waals surface area contributed by atoms with Crippen LogP contribution in [0.4, 0.5) is 0 Å². The lowest BCUT2D eigenvalue weighted by molar-refractivity contribution is 0.121. The Kier molecular flexibility index (Phi) is 6.41. The van der Waals surface area contributed by atoms with Crippen LogP contribution >= 0.6 is 0 Å². The van der Waals surface area contributed by atoms with E-state index >= 15 is 0 Å². The van der Waals surface area contributed by atoms with Gasteiger partial charge in [-0.15, -0.1) is 0 Å². The number of nitrogens with zero attached hydrogens (tertiary/aromatic N) is 1. The van der Waals surface area contributed by atoms with Gasteiger partial charge in [-0.1, -0.05) is 60.7 Å². The summed E-state index contributed by atoms with van der Waals surface area (Å²) < 4.78 is 0. The number of rotatable bonds is 8. The molecular weight excluding hydrogens is 262 g/mol. The summed E-state index contributed by atoms with van der Waals surface area (Å²) in [4.78, 5) is 2.14. The van der Waals surface area contributed by atoms with Gasteiger partial charge >= 0.3 is 0 Å². The molecule has 0 saturated heterocycles. The van der Waals surface area contributed by atoms with Gasteiger partial charge in [0.05, 0.1) is 13.2 Å². The van der Waals surface area contributed by atoms with Gasteiger partial charge in [-0.05, 0) is 17.5 Å². The van der Waals surface area contributed by atoms with Crippen molar-refractivity contribution in [3.8, 4) is 0 Å². The summed E-state index contributed by atoms with van der Waals surface area (Å²) in [7, 11) is 0. The molecule has 21 heavy (non-hydrogen) atoms. The Labute approximate surface area is 126 Å². The van der Waals surface area contributed by atoms with Crippen molar-refractivity contribution in [1.82, 2.24) is 4.90 Å². The van der Waals surface area contributed by atoms with Crippen LogP contribution in [0.5, 0.6) is 0 Å². The molecule has 0 aliphatic rings. The Morgan fingerprint density at radius 2 is 1.29 bits per heavy atom. The summed E-state index contributed by atoms with van der Waals surface area (Å²) in [5.41, 5.74) is 2.47. The average molecular weight is 285 g/mol. The summed E-state index contributed by atoms with van der Waals surface area (Å²) in [6.45, 7) is 1.32. The zero-order valence-corrected chi connectivity index (χ0v) is 12.2. The fraction of sp³-hybridized carbons (Fsp3) is 0.333. The number of benzene rings is 2. The molecule has 0 fully saturated rings. The lowest BCUT2D eigenvalue weighted by Gasteiger charge is -2.31. The highest BCUT2D eigenvalue weighted by Crippen LogP contribution is 2.24. The van der Waals surface area contributed by atoms with E-state index in [0.29, 0.717) is 13.1 Å². The van der Waals surface area contributed by atoms with Gasteiger partial charge < -0.3 is 10.2 Å². The summed E-state index contributed by atoms with van der Waals surface area (Å²) in [5.74, 6) is 0. The Morgan fingerprint density at radius 1 is 0.762 bits per heavy atom. The summed E-state index contributed by atoms with van der Waals surface area (Å²) in [5, 5.41) is 18.6. The highest BCUT2D eigenvalue weighted by atomic mass is 16.3. The highest BCUT2D eigenvalue weighted by Gasteiger charge is 2.19. The molecule has 0 amide bonds. The summed E-state index contributed by atoms with van der Waals surface area (Å²) in [6, 6.07) is 20.8. The molecule has 3 nitrogen and oxygen atoms in total. The van der Waals surface area contributed by atoms with Crippen molar-refractivity contribution in [3.05, 3.63) is 71.8 Å². The lowest BCUT2D eigenvalue weighted by atomic mass is 9.97. The number of hydrogen-bond donors (Lipinski definition) is 2. The zero-order valence-electron chi connectivity index (χ0n) is 12.2. The topological polar surface area (TPSA) is 43.7 Å². The number of hydrogen-bond acceptors (Lipinski definition) is 3. The maximum atomic E-state index is 9.30. The lowest BCUT2D eigenvalue weighted by Crippen LogP contribution is -2.35. The second kappa shape index (κ2) is 8.57. The van der Waals surface area contributed by atoms with Gasteiger partial charge in [0.2, 0.25) is 0 Å². The van der Waals surface area contributed by atoms with Gasteiger partial charge in [-0.3, -0.25) is 4.90 Å². The molecule has 1 atom stereocenters. The van der Waals surface area contributed by atoms with Crippen LogP contribution < -0.4 is 0 Å². The second-order valence-electron chi connectivity index (χ2n) is 5.10. The smallest absolute Gasteiger partial charge is 0.0558 e. The molecule has 2 aromatic rings. The first-order valence-corrected chi connectivity index (χ1v) is 7.39. The van der Waals surface area contributed by atoms with E-state index in [9.17, 15) is 10.2 Å². The third kappa shape index (κ3) is 4.67. The summed E-state index contributed by atoms with van der Waals surface area (Å²) in [6.07, 6.45) is 0.866. The standard InChI is InChI=1S/C18H23NO2/c20-13-11-19(12-14-21)18(17-9-5-2-6-10-17)15-16-7-3-1-4-8-16/h1-10,18,20-21H,11-15H2. The van der Waals surface area contributed by atoms with E-state index in [-0.39, 0.29) is 19.3 Å². The fourth-order valence-corrected chi connectivity index (χ4v) is 2.65. The van der Waals surface area contributed by atoms with Gasteiger partial charge in [0.1, 0.15) is 0 Å². The average Bonchev–Trinajstić information content (AvgIpc) is 2.54. The maximum absolute atomic E-state index is 9.30. The van der Waals surface area contributed by atoms with E-state index in [1.165, 1.54) is 11.1 Å². The fourth-order valence-electron chi connectivity index (χ4n) is 2.65. The predicted octanol–water partition coefficient (Wildman–Crippen LogP) is 2.26. The molecule has 0 aliphatic heterocycles. The second-order valence-corrected chi connectivity index (χ2v) is 5.10. The summed E-state index contributed by atoms with van der Waals surface area (Å²) >= 11 is 0. The maximum Gasteiger partial charge on any atom is 0.0558 e. The van der Waals surface area contributed by atoms with Crippen LogP contribution in [0.1, 0.15) is 17.2 Å². The van der Waals surface area contributed by atoms with E-state index in [1.807, 2.05) is 36.4 Å². The molecule has 0 heterocycles. The normalized spacial score (nSPS) is 12.5. The highest BCUT2D eigenvalue weighted by molar-refractivity contribution is 5.24. The molecule has 2 aromatic carbocycles. The number of aliphatic hydroxyl groups excluding tert-OH is 2. The number of aliphatic hydroxyl groups is 2. The molecule has 2 rings (SSSR count). The minimum atomic E-state index is 0.0954. The van der Waals surface area contributed by atoms with Gasteiger partial charge in [-0.2, -0.15) is 0 Å². The monoisotopic (exact) mass is 285 g/mol. The van der Waals surface area contributed by atoms with Gasteiger partial charge in [0.25, 0.3) is 0 Å². The van der Waals surface area contributed by atoms with Crippen molar-refractivity contribution in [2.75, 3.05) is 26.3 Å². The van der Waals surface area contributed by atoms with Crippen molar-refractivity contribution in [1.29, 1.82) is 0 Å². The van der Waals surface area contributed by atoms with Crippen molar-refractivity contribution in [2.24, 2.45) is 0 Å². The minimum Gasteiger partial charge on any atom is -0.395 e. The third-order valence-corrected chi connectivity index (χ3v) is 3.67. The SMILES string of the molecule is OCCN(CCO)C(Cc1ccccc1)c1ccccc1. The van der Waals surface area contributed by atoms with E-state index in [2.05, 4.69) is 29.2 Å². The Hall–Kier alpha value is -1.68. The molecule has 0 spiro atoms. The predicted molar refractivity (Wildman–Crippen MR) is 85.1 cm³/mol. The van der Waals surface area contributed by atoms with Crippen LogP contribution in [-0.4, -0.2) is 41.4 Å². The Bertz CT molecular complexity index is 495.